The number of nitrogens with zero attached hydrogens (tertiary/aromatic N) is 1. The molecule has 19 heavy (non-hydrogen) atoms. The molecular weight excluding hydrogens is 256 g/mol. The number of ether oxygens (including phenoxy) is 2. The average Bonchev–Trinajstić information content (AvgIpc) is 2.37. The van der Waals surface area contributed by atoms with E-state index in [1.54, 1.807) is 6.92 Å². The zero-order valence-corrected chi connectivity index (χ0v) is 10.6. The van der Waals surface area contributed by atoms with E-state index in [-0.39, 0.29) is 17.7 Å². The first-order valence-electron chi connectivity index (χ1n) is 5.59. The number of hydrogen-bond acceptors (Lipinski definition) is 4. The van der Waals surface area contributed by atoms with Crippen LogP contribution in [0.4, 0.5) is 8.78 Å². The van der Waals surface area contributed by atoms with E-state index in [2.05, 4.69) is 9.47 Å². The maximum Gasteiger partial charge on any atom is 0.387 e. The third-order valence-electron chi connectivity index (χ3n) is 2.53. The number of halogens is 2. The highest BCUT2D eigenvalue weighted by molar-refractivity contribution is 5.73. The fourth-order valence-electron chi connectivity index (χ4n) is 1.71. The predicted molar refractivity (Wildman–Crippen MR) is 62.9 cm³/mol. The molecule has 0 aromatic heterocycles. The molecule has 4 nitrogen and oxygen atoms in total. The van der Waals surface area contributed by atoms with Crippen molar-refractivity contribution in [3.05, 3.63) is 28.8 Å². The van der Waals surface area contributed by atoms with Gasteiger partial charge in [0.1, 0.15) is 5.75 Å². The van der Waals surface area contributed by atoms with Crippen LogP contribution in [0, 0.1) is 11.3 Å². The first kappa shape index (κ1) is 14.9. The SMILES string of the molecule is CCc1c(C#N)cc(CC(=O)OC)cc1OC(F)F. The third-order valence-corrected chi connectivity index (χ3v) is 2.53. The van der Waals surface area contributed by atoms with Crippen LogP contribution in [-0.2, 0) is 22.4 Å². The van der Waals surface area contributed by atoms with Crippen molar-refractivity contribution in [2.75, 3.05) is 7.11 Å². The number of esters is 1. The van der Waals surface area contributed by atoms with E-state index in [0.29, 0.717) is 17.5 Å². The van der Waals surface area contributed by atoms with Gasteiger partial charge in [0.15, 0.2) is 0 Å². The summed E-state index contributed by atoms with van der Waals surface area (Å²) in [5, 5.41) is 9.01. The normalized spacial score (nSPS) is 10.1. The molecule has 0 radical (unpaired) electrons. The highest BCUT2D eigenvalue weighted by Crippen LogP contribution is 2.27. The Labute approximate surface area is 109 Å². The van der Waals surface area contributed by atoms with E-state index >= 15 is 0 Å². The van der Waals surface area contributed by atoms with Gasteiger partial charge in [-0.05, 0) is 24.1 Å². The second-order valence-corrected chi connectivity index (χ2v) is 3.72. The van der Waals surface area contributed by atoms with Gasteiger partial charge >= 0.3 is 12.6 Å². The summed E-state index contributed by atoms with van der Waals surface area (Å²) in [6, 6.07) is 4.73. The minimum atomic E-state index is -2.98. The molecule has 0 amide bonds. The highest BCUT2D eigenvalue weighted by atomic mass is 19.3. The Morgan fingerprint density at radius 1 is 1.47 bits per heavy atom. The third kappa shape index (κ3) is 3.91. The summed E-state index contributed by atoms with van der Waals surface area (Å²) in [6.45, 7) is -1.25. The van der Waals surface area contributed by atoms with E-state index in [4.69, 9.17) is 5.26 Å². The van der Waals surface area contributed by atoms with Crippen molar-refractivity contribution in [3.8, 4) is 11.8 Å². The van der Waals surface area contributed by atoms with Gasteiger partial charge in [-0.1, -0.05) is 6.92 Å². The summed E-state index contributed by atoms with van der Waals surface area (Å²) in [6.07, 6.45) is 0.276. The first-order valence-corrected chi connectivity index (χ1v) is 5.59. The molecule has 1 rings (SSSR count). The quantitative estimate of drug-likeness (QED) is 0.770. The van der Waals surface area contributed by atoms with Gasteiger partial charge in [-0.3, -0.25) is 4.79 Å². The summed E-state index contributed by atoms with van der Waals surface area (Å²) in [4.78, 5) is 11.2. The molecule has 0 aliphatic rings. The van der Waals surface area contributed by atoms with Crippen LogP contribution in [0.25, 0.3) is 0 Å². The Balaban J connectivity index is 3.22. The summed E-state index contributed by atoms with van der Waals surface area (Å²) >= 11 is 0. The van der Waals surface area contributed by atoms with Gasteiger partial charge in [0.25, 0.3) is 0 Å². The van der Waals surface area contributed by atoms with Crippen molar-refractivity contribution in [2.45, 2.75) is 26.4 Å². The minimum absolute atomic E-state index is 0.0737. The van der Waals surface area contributed by atoms with E-state index in [9.17, 15) is 13.6 Å². The molecule has 102 valence electrons. The molecule has 0 spiro atoms. The summed E-state index contributed by atoms with van der Waals surface area (Å²) in [5.74, 6) is -0.591. The Morgan fingerprint density at radius 2 is 2.16 bits per heavy atom. The fraction of sp³-hybridized carbons (Fsp3) is 0.385. The summed E-state index contributed by atoms with van der Waals surface area (Å²) < 4.78 is 33.6. The molecule has 0 heterocycles. The number of rotatable bonds is 5. The van der Waals surface area contributed by atoms with Gasteiger partial charge in [-0.2, -0.15) is 14.0 Å². The molecule has 0 fully saturated rings. The summed E-state index contributed by atoms with van der Waals surface area (Å²) in [5.41, 5.74) is 1.02. The van der Waals surface area contributed by atoms with Crippen LogP contribution in [0.2, 0.25) is 0 Å². The molecule has 0 saturated carbocycles. The van der Waals surface area contributed by atoms with Crippen LogP contribution in [0.15, 0.2) is 12.1 Å². The maximum absolute atomic E-state index is 12.3. The monoisotopic (exact) mass is 269 g/mol. The van der Waals surface area contributed by atoms with Gasteiger partial charge in [0.05, 0.1) is 25.2 Å². The smallest absolute Gasteiger partial charge is 0.387 e. The molecule has 6 heteroatoms. The number of carbonyl (C=O) groups excluding carboxylic acids is 1. The Morgan fingerprint density at radius 3 is 2.63 bits per heavy atom. The van der Waals surface area contributed by atoms with Gasteiger partial charge in [-0.25, -0.2) is 0 Å². The number of benzene rings is 1. The van der Waals surface area contributed by atoms with Crippen molar-refractivity contribution in [1.82, 2.24) is 0 Å². The predicted octanol–water partition coefficient (Wildman–Crippen LogP) is 2.44. The van der Waals surface area contributed by atoms with Crippen LogP contribution in [0.3, 0.4) is 0 Å². The van der Waals surface area contributed by atoms with Crippen LogP contribution in [0.5, 0.6) is 5.75 Å². The summed E-state index contributed by atoms with van der Waals surface area (Å²) in [7, 11) is 1.23. The van der Waals surface area contributed by atoms with Gasteiger partial charge < -0.3 is 9.47 Å². The number of carbonyl (C=O) groups is 1. The van der Waals surface area contributed by atoms with E-state index in [1.165, 1.54) is 19.2 Å². The Bertz CT molecular complexity index is 509. The fourth-order valence-corrected chi connectivity index (χ4v) is 1.71. The van der Waals surface area contributed by atoms with Gasteiger partial charge in [-0.15, -0.1) is 0 Å². The second-order valence-electron chi connectivity index (χ2n) is 3.72. The van der Waals surface area contributed by atoms with Crippen molar-refractivity contribution in [2.24, 2.45) is 0 Å². The van der Waals surface area contributed by atoms with E-state index in [1.807, 2.05) is 6.07 Å². The Hall–Kier alpha value is -2.16. The average molecular weight is 269 g/mol. The highest BCUT2D eigenvalue weighted by Gasteiger charge is 2.15. The Kier molecular flexibility index (Phi) is 5.24. The van der Waals surface area contributed by atoms with Crippen LogP contribution >= 0.6 is 0 Å². The molecule has 0 N–H and O–H groups in total. The number of hydrogen-bond donors (Lipinski definition) is 0. The number of alkyl halides is 2. The lowest BCUT2D eigenvalue weighted by Crippen LogP contribution is -2.09. The molecule has 0 atom stereocenters. The molecule has 0 aliphatic carbocycles. The lowest BCUT2D eigenvalue weighted by Gasteiger charge is -2.13. The van der Waals surface area contributed by atoms with Crippen molar-refractivity contribution in [1.29, 1.82) is 5.26 Å². The van der Waals surface area contributed by atoms with Crippen molar-refractivity contribution < 1.29 is 23.0 Å². The molecular formula is C13H13F2NO3. The number of methoxy groups -OCH3 is 1. The molecule has 0 bridgehead atoms. The van der Waals surface area contributed by atoms with E-state index < -0.39 is 12.6 Å². The molecule has 0 unspecified atom stereocenters. The minimum Gasteiger partial charge on any atom is -0.469 e. The lowest BCUT2D eigenvalue weighted by molar-refractivity contribution is -0.139. The van der Waals surface area contributed by atoms with Crippen molar-refractivity contribution in [3.63, 3.8) is 0 Å². The zero-order chi connectivity index (χ0) is 14.4. The topological polar surface area (TPSA) is 59.3 Å². The molecule has 0 aliphatic heterocycles. The largest absolute Gasteiger partial charge is 0.469 e. The van der Waals surface area contributed by atoms with Crippen LogP contribution in [0.1, 0.15) is 23.6 Å². The molecule has 1 aromatic carbocycles. The number of nitriles is 1. The van der Waals surface area contributed by atoms with Gasteiger partial charge in [0.2, 0.25) is 0 Å². The zero-order valence-electron chi connectivity index (χ0n) is 10.6. The van der Waals surface area contributed by atoms with E-state index in [0.717, 1.165) is 0 Å². The second kappa shape index (κ2) is 6.69. The maximum atomic E-state index is 12.3. The standard InChI is InChI=1S/C13H13F2NO3/c1-3-10-9(7-16)4-8(6-12(17)18-2)5-11(10)19-13(14)15/h4-5,13H,3,6H2,1-2H3. The molecule has 1 aromatic rings. The molecule has 0 saturated heterocycles. The van der Waals surface area contributed by atoms with Crippen LogP contribution in [-0.4, -0.2) is 19.7 Å². The van der Waals surface area contributed by atoms with Gasteiger partial charge in [0, 0.05) is 5.56 Å². The van der Waals surface area contributed by atoms with Crippen molar-refractivity contribution >= 4 is 5.97 Å². The van der Waals surface area contributed by atoms with Crippen LogP contribution < -0.4 is 4.74 Å². The first-order chi connectivity index (χ1) is 9.01. The lowest BCUT2D eigenvalue weighted by atomic mass is 10.00.